The van der Waals surface area contributed by atoms with E-state index in [1.165, 1.54) is 30.2 Å². The number of aromatic nitrogens is 2. The largest absolute Gasteiger partial charge is 0.416 e. The molecule has 3 N–H and O–H groups in total. The van der Waals surface area contributed by atoms with Gasteiger partial charge in [0.15, 0.2) is 0 Å². The average Bonchev–Trinajstić information content (AvgIpc) is 3.30. The van der Waals surface area contributed by atoms with E-state index >= 15 is 0 Å². The quantitative estimate of drug-likeness (QED) is 0.630. The van der Waals surface area contributed by atoms with Gasteiger partial charge in [0.05, 0.1) is 17.7 Å². The molecule has 0 radical (unpaired) electrons. The van der Waals surface area contributed by atoms with E-state index in [1.54, 1.807) is 6.07 Å². The smallest absolute Gasteiger partial charge is 0.391 e. The van der Waals surface area contributed by atoms with Gasteiger partial charge in [0.1, 0.15) is 11.9 Å². The van der Waals surface area contributed by atoms with E-state index in [-0.39, 0.29) is 36.8 Å². The number of aromatic amines is 1. The van der Waals surface area contributed by atoms with Gasteiger partial charge in [-0.15, -0.1) is 0 Å². The molecule has 1 saturated heterocycles. The molecule has 0 aliphatic carbocycles. The maximum Gasteiger partial charge on any atom is 0.416 e. The summed E-state index contributed by atoms with van der Waals surface area (Å²) in [5.74, 6) is -0.308. The topological polar surface area (TPSA) is 98.3 Å². The summed E-state index contributed by atoms with van der Waals surface area (Å²) >= 11 is 0. The number of benzene rings is 1. The van der Waals surface area contributed by atoms with Crippen molar-refractivity contribution in [3.8, 4) is 0 Å². The maximum absolute atomic E-state index is 13.3. The van der Waals surface area contributed by atoms with Crippen molar-refractivity contribution in [1.82, 2.24) is 20.2 Å². The van der Waals surface area contributed by atoms with Crippen molar-refractivity contribution in [2.24, 2.45) is 5.41 Å². The number of halogens is 3. The molecule has 2 aromatic rings. The van der Waals surface area contributed by atoms with Gasteiger partial charge < -0.3 is 20.3 Å². The number of carbonyl (C=O) groups is 2. The lowest BCUT2D eigenvalue weighted by Gasteiger charge is -2.35. The van der Waals surface area contributed by atoms with Crippen molar-refractivity contribution in [1.29, 1.82) is 0 Å². The molecule has 0 saturated carbocycles. The van der Waals surface area contributed by atoms with Crippen molar-refractivity contribution in [3.05, 3.63) is 53.1 Å². The lowest BCUT2D eigenvalue weighted by Crippen LogP contribution is -2.54. The van der Waals surface area contributed by atoms with E-state index in [4.69, 9.17) is 0 Å². The molecule has 0 spiro atoms. The number of amides is 2. The van der Waals surface area contributed by atoms with Gasteiger partial charge >= 0.3 is 6.18 Å². The van der Waals surface area contributed by atoms with Crippen LogP contribution in [0, 0.1) is 5.41 Å². The van der Waals surface area contributed by atoms with Crippen LogP contribution in [0.5, 0.6) is 0 Å². The minimum absolute atomic E-state index is 0.0115. The number of H-pyrrole nitrogens is 1. The van der Waals surface area contributed by atoms with Crippen LogP contribution in [0.25, 0.3) is 0 Å². The summed E-state index contributed by atoms with van der Waals surface area (Å²) in [5.41, 5.74) is -0.712. The molecule has 3 rings (SSSR count). The van der Waals surface area contributed by atoms with Gasteiger partial charge in [0.2, 0.25) is 11.8 Å². The standard InChI is InChI=1S/C23H29F3N4O3/c1-13(31)28-19(22(2,3)4)21(33)30-12-16(32)10-18(30)20-27-11-15(29-20)9-14-7-5-6-8-17(14)23(24,25)26/h5-8,11,16,18-19,32H,9-10,12H2,1-4H3,(H,27,29)(H,28,31)/t16-,18+,19-/m1/s1. The van der Waals surface area contributed by atoms with Crippen LogP contribution in [-0.4, -0.2) is 50.5 Å². The number of aliphatic hydroxyl groups excluding tert-OH is 1. The summed E-state index contributed by atoms with van der Waals surface area (Å²) in [5, 5.41) is 13.0. The van der Waals surface area contributed by atoms with Crippen LogP contribution < -0.4 is 5.32 Å². The van der Waals surface area contributed by atoms with Crippen LogP contribution >= 0.6 is 0 Å². The third kappa shape index (κ3) is 5.73. The number of hydrogen-bond donors (Lipinski definition) is 3. The number of imidazole rings is 1. The minimum atomic E-state index is -4.47. The van der Waals surface area contributed by atoms with Gasteiger partial charge in [-0.3, -0.25) is 9.59 Å². The van der Waals surface area contributed by atoms with Crippen LogP contribution in [0.2, 0.25) is 0 Å². The van der Waals surface area contributed by atoms with Gasteiger partial charge in [0, 0.05) is 38.2 Å². The number of rotatable bonds is 5. The second kappa shape index (κ2) is 9.17. The second-order valence-electron chi connectivity index (χ2n) is 9.52. The lowest BCUT2D eigenvalue weighted by molar-refractivity contribution is -0.140. The first kappa shape index (κ1) is 24.8. The van der Waals surface area contributed by atoms with Gasteiger partial charge in [-0.2, -0.15) is 13.2 Å². The highest BCUT2D eigenvalue weighted by atomic mass is 19.4. The molecule has 3 atom stereocenters. The highest BCUT2D eigenvalue weighted by molar-refractivity contribution is 5.88. The summed E-state index contributed by atoms with van der Waals surface area (Å²) in [4.78, 5) is 33.8. The predicted molar refractivity (Wildman–Crippen MR) is 115 cm³/mol. The Morgan fingerprint density at radius 1 is 1.27 bits per heavy atom. The summed E-state index contributed by atoms with van der Waals surface area (Å²) in [6, 6.07) is 3.95. The molecule has 10 heteroatoms. The molecule has 180 valence electrons. The molecule has 1 aromatic carbocycles. The molecule has 1 aliphatic heterocycles. The fraction of sp³-hybridized carbons (Fsp3) is 0.522. The maximum atomic E-state index is 13.3. The van der Waals surface area contributed by atoms with Crippen LogP contribution in [0.1, 0.15) is 62.8 Å². The monoisotopic (exact) mass is 466 g/mol. The van der Waals surface area contributed by atoms with E-state index in [2.05, 4.69) is 15.3 Å². The Hall–Kier alpha value is -2.88. The molecule has 0 unspecified atom stereocenters. The zero-order valence-corrected chi connectivity index (χ0v) is 19.0. The number of β-amino-alcohol motifs (C(OH)–C–C–N with tert-alkyl or cyclic N) is 1. The summed E-state index contributed by atoms with van der Waals surface area (Å²) in [6.07, 6.45) is -3.58. The Morgan fingerprint density at radius 3 is 2.55 bits per heavy atom. The van der Waals surface area contributed by atoms with Crippen LogP contribution in [0.15, 0.2) is 30.5 Å². The van der Waals surface area contributed by atoms with Crippen molar-refractivity contribution in [2.45, 2.75) is 64.9 Å². The first-order valence-corrected chi connectivity index (χ1v) is 10.7. The highest BCUT2D eigenvalue weighted by Crippen LogP contribution is 2.35. The molecule has 2 heterocycles. The van der Waals surface area contributed by atoms with E-state index in [9.17, 15) is 27.9 Å². The zero-order valence-electron chi connectivity index (χ0n) is 19.0. The first-order valence-electron chi connectivity index (χ1n) is 10.7. The third-order valence-electron chi connectivity index (χ3n) is 5.69. The van der Waals surface area contributed by atoms with E-state index in [0.717, 1.165) is 6.07 Å². The second-order valence-corrected chi connectivity index (χ2v) is 9.52. The zero-order chi connectivity index (χ0) is 24.6. The molecular weight excluding hydrogens is 437 g/mol. The molecular formula is C23H29F3N4O3. The molecule has 1 aliphatic rings. The molecule has 2 amide bonds. The number of likely N-dealkylation sites (tertiary alicyclic amines) is 1. The van der Waals surface area contributed by atoms with E-state index in [0.29, 0.717) is 11.5 Å². The lowest BCUT2D eigenvalue weighted by atomic mass is 9.85. The Balaban J connectivity index is 1.85. The third-order valence-corrected chi connectivity index (χ3v) is 5.69. The van der Waals surface area contributed by atoms with Crippen LogP contribution in [0.4, 0.5) is 13.2 Å². The van der Waals surface area contributed by atoms with Crippen molar-refractivity contribution < 1.29 is 27.9 Å². The van der Waals surface area contributed by atoms with Gasteiger partial charge in [0.25, 0.3) is 0 Å². The van der Waals surface area contributed by atoms with Gasteiger partial charge in [-0.05, 0) is 17.0 Å². The SMILES string of the molecule is CC(=O)N[C@H](C(=O)N1C[C@H](O)C[C@H]1c1ncc(Cc2ccccc2C(F)(F)F)[nH]1)C(C)(C)C. The summed E-state index contributed by atoms with van der Waals surface area (Å²) in [6.45, 7) is 6.89. The first-order chi connectivity index (χ1) is 15.3. The van der Waals surface area contributed by atoms with Crippen LogP contribution in [0.3, 0.4) is 0 Å². The Bertz CT molecular complexity index is 1010. The summed E-state index contributed by atoms with van der Waals surface area (Å²) in [7, 11) is 0. The molecule has 1 aromatic heterocycles. The number of nitrogens with zero attached hydrogens (tertiary/aromatic N) is 2. The molecule has 1 fully saturated rings. The van der Waals surface area contributed by atoms with Crippen molar-refractivity contribution >= 4 is 11.8 Å². The number of nitrogens with one attached hydrogen (secondary N) is 2. The van der Waals surface area contributed by atoms with Gasteiger partial charge in [-0.1, -0.05) is 39.0 Å². The highest BCUT2D eigenvalue weighted by Gasteiger charge is 2.43. The fourth-order valence-electron chi connectivity index (χ4n) is 4.13. The van der Waals surface area contributed by atoms with Crippen LogP contribution in [-0.2, 0) is 22.2 Å². The normalized spacial score (nSPS) is 20.1. The molecule has 33 heavy (non-hydrogen) atoms. The Morgan fingerprint density at radius 2 is 1.94 bits per heavy atom. The number of hydrogen-bond acceptors (Lipinski definition) is 4. The average molecular weight is 467 g/mol. The predicted octanol–water partition coefficient (Wildman–Crippen LogP) is 3.20. The molecule has 7 nitrogen and oxygen atoms in total. The molecule has 0 bridgehead atoms. The fourth-order valence-corrected chi connectivity index (χ4v) is 4.13. The van der Waals surface area contributed by atoms with Crippen molar-refractivity contribution in [2.75, 3.05) is 6.54 Å². The van der Waals surface area contributed by atoms with Crippen molar-refractivity contribution in [3.63, 3.8) is 0 Å². The summed E-state index contributed by atoms with van der Waals surface area (Å²) < 4.78 is 40.0. The van der Waals surface area contributed by atoms with E-state index < -0.39 is 35.3 Å². The Labute approximate surface area is 190 Å². The number of carbonyl (C=O) groups excluding carboxylic acids is 2. The Kier molecular flexibility index (Phi) is 6.88. The van der Waals surface area contributed by atoms with E-state index in [1.807, 2.05) is 20.8 Å². The number of aliphatic hydroxyl groups is 1. The number of alkyl halides is 3. The minimum Gasteiger partial charge on any atom is -0.391 e. The van der Waals surface area contributed by atoms with Gasteiger partial charge in [-0.25, -0.2) is 4.98 Å².